The van der Waals surface area contributed by atoms with Crippen LogP contribution in [0.1, 0.15) is 56.3 Å². The fraction of sp³-hybridized carbons (Fsp3) is 0.562. The number of ketones is 1. The van der Waals surface area contributed by atoms with Crippen molar-refractivity contribution in [2.45, 2.75) is 52.1 Å². The number of hydrogen-bond acceptors (Lipinski definition) is 2. The quantitative estimate of drug-likeness (QED) is 0.611. The summed E-state index contributed by atoms with van der Waals surface area (Å²) >= 11 is 0. The van der Waals surface area contributed by atoms with E-state index in [1.54, 1.807) is 0 Å². The molecule has 100 valence electrons. The molecule has 0 N–H and O–H groups in total. The van der Waals surface area contributed by atoms with Crippen LogP contribution in [0.15, 0.2) is 30.3 Å². The maximum atomic E-state index is 11.9. The van der Waals surface area contributed by atoms with Gasteiger partial charge in [0.2, 0.25) is 0 Å². The van der Waals surface area contributed by atoms with Crippen molar-refractivity contribution < 1.29 is 9.53 Å². The van der Waals surface area contributed by atoms with Gasteiger partial charge in [-0.05, 0) is 12.8 Å². The molecule has 0 aliphatic heterocycles. The summed E-state index contributed by atoms with van der Waals surface area (Å²) in [7, 11) is 0. The van der Waals surface area contributed by atoms with E-state index in [2.05, 4.69) is 13.8 Å². The van der Waals surface area contributed by atoms with Crippen LogP contribution in [0.5, 0.6) is 0 Å². The number of carbonyl (C=O) groups excluding carboxylic acids is 1. The fourth-order valence-corrected chi connectivity index (χ4v) is 1.97. The Morgan fingerprint density at radius 1 is 1.11 bits per heavy atom. The van der Waals surface area contributed by atoms with Crippen LogP contribution in [-0.2, 0) is 4.74 Å². The molecule has 0 bridgehead atoms. The number of unbranched alkanes of at least 4 members (excludes halogenated alkanes) is 1. The molecule has 0 spiro atoms. The highest BCUT2D eigenvalue weighted by Gasteiger charge is 2.11. The Labute approximate surface area is 110 Å². The Balaban J connectivity index is 2.39. The molecule has 1 rings (SSSR count). The van der Waals surface area contributed by atoms with Crippen LogP contribution in [0, 0.1) is 0 Å². The molecule has 0 unspecified atom stereocenters. The lowest BCUT2D eigenvalue weighted by atomic mass is 10.1. The lowest BCUT2D eigenvalue weighted by Gasteiger charge is -2.16. The van der Waals surface area contributed by atoms with Crippen LogP contribution < -0.4 is 0 Å². The van der Waals surface area contributed by atoms with Gasteiger partial charge in [-0.1, -0.05) is 63.4 Å². The number of benzene rings is 1. The van der Waals surface area contributed by atoms with Crippen LogP contribution in [0.3, 0.4) is 0 Å². The number of rotatable bonds is 9. The third-order valence-electron chi connectivity index (χ3n) is 3.04. The Hall–Kier alpha value is -1.15. The smallest absolute Gasteiger partial charge is 0.188 e. The second kappa shape index (κ2) is 8.87. The molecule has 2 nitrogen and oxygen atoms in total. The Bertz CT molecular complexity index is 332. The average Bonchev–Trinajstić information content (AvgIpc) is 2.42. The maximum Gasteiger partial charge on any atom is 0.188 e. The molecule has 0 saturated carbocycles. The average molecular weight is 248 g/mol. The molecule has 18 heavy (non-hydrogen) atoms. The van der Waals surface area contributed by atoms with Crippen LogP contribution in [0.4, 0.5) is 0 Å². The molecule has 1 aromatic rings. The lowest BCUT2D eigenvalue weighted by molar-refractivity contribution is 0.0365. The van der Waals surface area contributed by atoms with Gasteiger partial charge in [0.1, 0.15) is 6.61 Å². The highest BCUT2D eigenvalue weighted by molar-refractivity contribution is 5.96. The van der Waals surface area contributed by atoms with Gasteiger partial charge in [0.25, 0.3) is 0 Å². The summed E-state index contributed by atoms with van der Waals surface area (Å²) in [6.07, 6.45) is 5.80. The van der Waals surface area contributed by atoms with Crippen LogP contribution in [0.25, 0.3) is 0 Å². The molecule has 0 aliphatic carbocycles. The molecule has 0 aliphatic rings. The van der Waals surface area contributed by atoms with Crippen molar-refractivity contribution in [1.29, 1.82) is 0 Å². The summed E-state index contributed by atoms with van der Waals surface area (Å²) in [4.78, 5) is 11.9. The predicted molar refractivity (Wildman–Crippen MR) is 74.9 cm³/mol. The Morgan fingerprint density at radius 2 is 1.83 bits per heavy atom. The summed E-state index contributed by atoms with van der Waals surface area (Å²) in [5.74, 6) is 0.0770. The molecule has 1 atom stereocenters. The largest absolute Gasteiger partial charge is 0.370 e. The minimum atomic E-state index is 0.0770. The van der Waals surface area contributed by atoms with E-state index in [0.717, 1.165) is 24.8 Å². The maximum absolute atomic E-state index is 11.9. The van der Waals surface area contributed by atoms with Gasteiger partial charge >= 0.3 is 0 Å². The van der Waals surface area contributed by atoms with E-state index < -0.39 is 0 Å². The lowest BCUT2D eigenvalue weighted by Crippen LogP contribution is -2.18. The molecule has 0 fully saturated rings. The highest BCUT2D eigenvalue weighted by atomic mass is 16.5. The van der Waals surface area contributed by atoms with Crippen molar-refractivity contribution >= 4 is 5.78 Å². The standard InChI is InChI=1S/C16H24O2/c1-3-5-12-15(9-4-2)18-13-16(17)14-10-7-6-8-11-14/h6-8,10-11,15H,3-5,9,12-13H2,1-2H3/t15-/m1/s1. The van der Waals surface area contributed by atoms with Gasteiger partial charge in [-0.3, -0.25) is 4.79 Å². The summed E-state index contributed by atoms with van der Waals surface area (Å²) in [6.45, 7) is 4.54. The first-order chi connectivity index (χ1) is 8.77. The minimum absolute atomic E-state index is 0.0770. The fourth-order valence-electron chi connectivity index (χ4n) is 1.97. The summed E-state index contributed by atoms with van der Waals surface area (Å²) in [5.41, 5.74) is 0.739. The normalized spacial score (nSPS) is 12.3. The number of carbonyl (C=O) groups is 1. The molecule has 0 heterocycles. The summed E-state index contributed by atoms with van der Waals surface area (Å²) in [5, 5.41) is 0. The predicted octanol–water partition coefficient (Wildman–Crippen LogP) is 4.24. The minimum Gasteiger partial charge on any atom is -0.370 e. The molecule has 0 aromatic heterocycles. The number of ether oxygens (including phenoxy) is 1. The zero-order chi connectivity index (χ0) is 13.2. The zero-order valence-corrected chi connectivity index (χ0v) is 11.5. The summed E-state index contributed by atoms with van der Waals surface area (Å²) in [6, 6.07) is 9.36. The third kappa shape index (κ3) is 5.46. The molecule has 0 amide bonds. The van der Waals surface area contributed by atoms with Crippen molar-refractivity contribution in [3.8, 4) is 0 Å². The first-order valence-corrected chi connectivity index (χ1v) is 6.97. The second-order valence-corrected chi connectivity index (χ2v) is 4.65. The number of hydrogen-bond donors (Lipinski definition) is 0. The Morgan fingerprint density at radius 3 is 2.44 bits per heavy atom. The van der Waals surface area contributed by atoms with E-state index in [4.69, 9.17) is 4.74 Å². The monoisotopic (exact) mass is 248 g/mol. The van der Waals surface area contributed by atoms with Gasteiger partial charge in [0.15, 0.2) is 5.78 Å². The van der Waals surface area contributed by atoms with Crippen molar-refractivity contribution in [3.63, 3.8) is 0 Å². The molecular formula is C16H24O2. The topological polar surface area (TPSA) is 26.3 Å². The van der Waals surface area contributed by atoms with Crippen molar-refractivity contribution in [2.24, 2.45) is 0 Å². The Kier molecular flexibility index (Phi) is 7.35. The van der Waals surface area contributed by atoms with Crippen molar-refractivity contribution in [2.75, 3.05) is 6.61 Å². The third-order valence-corrected chi connectivity index (χ3v) is 3.04. The van der Waals surface area contributed by atoms with E-state index in [1.807, 2.05) is 30.3 Å². The highest BCUT2D eigenvalue weighted by Crippen LogP contribution is 2.12. The van der Waals surface area contributed by atoms with Crippen LogP contribution in [-0.4, -0.2) is 18.5 Å². The van der Waals surface area contributed by atoms with Crippen molar-refractivity contribution in [1.82, 2.24) is 0 Å². The second-order valence-electron chi connectivity index (χ2n) is 4.65. The van der Waals surface area contributed by atoms with Gasteiger partial charge in [-0.2, -0.15) is 0 Å². The van der Waals surface area contributed by atoms with Gasteiger partial charge in [0.05, 0.1) is 6.10 Å². The molecule has 2 heteroatoms. The molecule has 1 aromatic carbocycles. The first kappa shape index (κ1) is 14.9. The number of Topliss-reactive ketones (excluding diaryl/α,β-unsaturated/α-hetero) is 1. The SMILES string of the molecule is CCCC[C@@H](CCC)OCC(=O)c1ccccc1. The van der Waals surface area contributed by atoms with Crippen LogP contribution >= 0.6 is 0 Å². The van der Waals surface area contributed by atoms with Crippen LogP contribution in [0.2, 0.25) is 0 Å². The van der Waals surface area contributed by atoms with Gasteiger partial charge < -0.3 is 4.74 Å². The first-order valence-electron chi connectivity index (χ1n) is 6.97. The zero-order valence-electron chi connectivity index (χ0n) is 11.5. The van der Waals surface area contributed by atoms with E-state index in [9.17, 15) is 4.79 Å². The van der Waals surface area contributed by atoms with Crippen molar-refractivity contribution in [3.05, 3.63) is 35.9 Å². The van der Waals surface area contributed by atoms with E-state index in [1.165, 1.54) is 12.8 Å². The molecule has 0 radical (unpaired) electrons. The molecule has 0 saturated heterocycles. The molecular weight excluding hydrogens is 224 g/mol. The van der Waals surface area contributed by atoms with E-state index in [0.29, 0.717) is 0 Å². The summed E-state index contributed by atoms with van der Waals surface area (Å²) < 4.78 is 5.75. The van der Waals surface area contributed by atoms with Gasteiger partial charge in [-0.15, -0.1) is 0 Å². The van der Waals surface area contributed by atoms with Gasteiger partial charge in [-0.25, -0.2) is 0 Å². The van der Waals surface area contributed by atoms with E-state index in [-0.39, 0.29) is 18.5 Å². The van der Waals surface area contributed by atoms with E-state index >= 15 is 0 Å². The van der Waals surface area contributed by atoms with Gasteiger partial charge in [0, 0.05) is 5.56 Å².